The molecule has 0 amide bonds. The highest BCUT2D eigenvalue weighted by Gasteiger charge is 2.14. The summed E-state index contributed by atoms with van der Waals surface area (Å²) in [5.74, 6) is 1.46. The van der Waals surface area contributed by atoms with Gasteiger partial charge in [0.25, 0.3) is 0 Å². The molecule has 0 unspecified atom stereocenters. The van der Waals surface area contributed by atoms with Crippen molar-refractivity contribution in [2.24, 2.45) is 0 Å². The van der Waals surface area contributed by atoms with Crippen molar-refractivity contribution < 1.29 is 0 Å². The predicted octanol–water partition coefficient (Wildman–Crippen LogP) is 4.27. The quantitative estimate of drug-likeness (QED) is 0.660. The van der Waals surface area contributed by atoms with E-state index in [0.29, 0.717) is 12.3 Å². The van der Waals surface area contributed by atoms with Crippen LogP contribution in [-0.2, 0) is 6.42 Å². The van der Waals surface area contributed by atoms with E-state index in [4.69, 9.17) is 11.6 Å². The molecule has 0 N–H and O–H groups in total. The lowest BCUT2D eigenvalue weighted by Gasteiger charge is -2.10. The Morgan fingerprint density at radius 3 is 2.90 bits per heavy atom. The Morgan fingerprint density at radius 1 is 1.30 bits per heavy atom. The number of rotatable bonds is 3. The number of pyridine rings is 1. The summed E-state index contributed by atoms with van der Waals surface area (Å²) in [6.45, 7) is 2.07. The van der Waals surface area contributed by atoms with Gasteiger partial charge < -0.3 is 0 Å². The molecule has 0 bridgehead atoms. The van der Waals surface area contributed by atoms with E-state index < -0.39 is 0 Å². The Hall–Kier alpha value is -1.39. The molecule has 0 saturated carbocycles. The minimum Gasteiger partial charge on any atom is -0.280 e. The minimum absolute atomic E-state index is 0.535. The van der Waals surface area contributed by atoms with Crippen LogP contribution in [-0.4, -0.2) is 20.4 Å². The summed E-state index contributed by atoms with van der Waals surface area (Å²) < 4.78 is 3.10. The number of aryl methyl sites for hydroxylation is 2. The summed E-state index contributed by atoms with van der Waals surface area (Å²) in [7, 11) is 0. The number of nitrogens with zero attached hydrogens (tertiary/aromatic N) is 3. The van der Waals surface area contributed by atoms with Crippen LogP contribution in [0, 0.1) is 6.92 Å². The molecule has 3 rings (SSSR count). The van der Waals surface area contributed by atoms with Crippen molar-refractivity contribution in [3.8, 4) is 5.69 Å². The van der Waals surface area contributed by atoms with Gasteiger partial charge in [-0.1, -0.05) is 6.07 Å². The molecule has 0 fully saturated rings. The van der Waals surface area contributed by atoms with E-state index in [1.165, 1.54) is 5.56 Å². The Kier molecular flexibility index (Phi) is 3.76. The van der Waals surface area contributed by atoms with Crippen LogP contribution in [0.4, 0.5) is 0 Å². The molecule has 3 aromatic rings. The zero-order chi connectivity index (χ0) is 14.1. The molecule has 2 aromatic heterocycles. The molecule has 20 heavy (non-hydrogen) atoms. The van der Waals surface area contributed by atoms with E-state index in [9.17, 15) is 0 Å². The first kappa shape index (κ1) is 13.6. The molecule has 3 nitrogen and oxygen atoms in total. The summed E-state index contributed by atoms with van der Waals surface area (Å²) in [6.07, 6.45) is 2.49. The fraction of sp³-hybridized carbons (Fsp3) is 0.200. The first-order chi connectivity index (χ1) is 9.70. The molecule has 1 aromatic carbocycles. The lowest BCUT2D eigenvalue weighted by molar-refractivity contribution is 0.902. The third kappa shape index (κ3) is 2.34. The maximum Gasteiger partial charge on any atom is 0.164 e. The standard InChI is InChI=1S/C15H13BrClN3/c1-10-4-5-13(11(16)9-10)20-14(6-7-17)19-12-3-2-8-18-15(12)20/h2-5,8-9H,6-7H2,1H3. The number of hydrogen-bond acceptors (Lipinski definition) is 2. The van der Waals surface area contributed by atoms with Gasteiger partial charge in [-0.2, -0.15) is 0 Å². The lowest BCUT2D eigenvalue weighted by Crippen LogP contribution is -2.04. The van der Waals surface area contributed by atoms with Crippen molar-refractivity contribution in [1.82, 2.24) is 14.5 Å². The van der Waals surface area contributed by atoms with E-state index in [1.807, 2.05) is 12.1 Å². The van der Waals surface area contributed by atoms with Gasteiger partial charge in [0.1, 0.15) is 11.3 Å². The lowest BCUT2D eigenvalue weighted by atomic mass is 10.2. The summed E-state index contributed by atoms with van der Waals surface area (Å²) in [4.78, 5) is 9.10. The number of halogens is 2. The molecule has 0 atom stereocenters. The number of fused-ring (bicyclic) bond motifs is 1. The second-order valence-corrected chi connectivity index (χ2v) is 5.84. The summed E-state index contributed by atoms with van der Waals surface area (Å²) in [5, 5.41) is 0. The van der Waals surface area contributed by atoms with Crippen molar-refractivity contribution in [3.63, 3.8) is 0 Å². The summed E-state index contributed by atoms with van der Waals surface area (Å²) in [5.41, 5.74) is 3.99. The van der Waals surface area contributed by atoms with Gasteiger partial charge >= 0.3 is 0 Å². The van der Waals surface area contributed by atoms with Gasteiger partial charge in [-0.15, -0.1) is 11.6 Å². The molecule has 102 valence electrons. The molecular formula is C15H13BrClN3. The van der Waals surface area contributed by atoms with Crippen LogP contribution in [0.3, 0.4) is 0 Å². The second-order valence-electron chi connectivity index (χ2n) is 4.60. The average molecular weight is 351 g/mol. The molecule has 0 aliphatic rings. The van der Waals surface area contributed by atoms with Gasteiger partial charge in [-0.3, -0.25) is 4.57 Å². The van der Waals surface area contributed by atoms with Crippen molar-refractivity contribution in [3.05, 3.63) is 52.4 Å². The van der Waals surface area contributed by atoms with E-state index in [1.54, 1.807) is 6.20 Å². The van der Waals surface area contributed by atoms with Crippen LogP contribution in [0.5, 0.6) is 0 Å². The van der Waals surface area contributed by atoms with Gasteiger partial charge in [0.2, 0.25) is 0 Å². The van der Waals surface area contributed by atoms with Crippen molar-refractivity contribution in [1.29, 1.82) is 0 Å². The topological polar surface area (TPSA) is 30.7 Å². The minimum atomic E-state index is 0.535. The number of hydrogen-bond donors (Lipinski definition) is 0. The molecule has 0 spiro atoms. The van der Waals surface area contributed by atoms with Crippen LogP contribution < -0.4 is 0 Å². The second kappa shape index (κ2) is 5.54. The van der Waals surface area contributed by atoms with Crippen LogP contribution >= 0.6 is 27.5 Å². The zero-order valence-electron chi connectivity index (χ0n) is 11.0. The maximum atomic E-state index is 5.90. The smallest absolute Gasteiger partial charge is 0.164 e. The molecule has 0 aliphatic heterocycles. The Balaban J connectivity index is 2.30. The largest absolute Gasteiger partial charge is 0.280 e. The first-order valence-electron chi connectivity index (χ1n) is 6.35. The SMILES string of the molecule is Cc1ccc(-n2c(CCCl)nc3cccnc32)c(Br)c1. The Bertz CT molecular complexity index is 767. The number of imidazole rings is 1. The van der Waals surface area contributed by atoms with Crippen LogP contribution in [0.2, 0.25) is 0 Å². The maximum absolute atomic E-state index is 5.90. The third-order valence-electron chi connectivity index (χ3n) is 3.15. The van der Waals surface area contributed by atoms with Crippen LogP contribution in [0.1, 0.15) is 11.4 Å². The van der Waals surface area contributed by atoms with Gasteiger partial charge in [0, 0.05) is 23.0 Å². The van der Waals surface area contributed by atoms with Crippen molar-refractivity contribution in [2.75, 3.05) is 5.88 Å². The summed E-state index contributed by atoms with van der Waals surface area (Å²) >= 11 is 9.53. The van der Waals surface area contributed by atoms with E-state index in [2.05, 4.69) is 55.6 Å². The molecule has 0 saturated heterocycles. The van der Waals surface area contributed by atoms with Gasteiger partial charge in [-0.25, -0.2) is 9.97 Å². The van der Waals surface area contributed by atoms with Gasteiger partial charge in [0.05, 0.1) is 5.69 Å². The van der Waals surface area contributed by atoms with E-state index >= 15 is 0 Å². The third-order valence-corrected chi connectivity index (χ3v) is 3.97. The molecular weight excluding hydrogens is 338 g/mol. The van der Waals surface area contributed by atoms with E-state index in [0.717, 1.165) is 27.1 Å². The molecule has 0 aliphatic carbocycles. The molecule has 5 heteroatoms. The summed E-state index contributed by atoms with van der Waals surface area (Å²) in [6, 6.07) is 10.1. The fourth-order valence-electron chi connectivity index (χ4n) is 2.26. The highest BCUT2D eigenvalue weighted by atomic mass is 79.9. The van der Waals surface area contributed by atoms with Crippen molar-refractivity contribution >= 4 is 38.7 Å². The normalized spacial score (nSPS) is 11.2. The first-order valence-corrected chi connectivity index (χ1v) is 7.68. The van der Waals surface area contributed by atoms with Gasteiger partial charge in [0.15, 0.2) is 5.65 Å². The fourth-order valence-corrected chi connectivity index (χ4v) is 3.10. The van der Waals surface area contributed by atoms with E-state index in [-0.39, 0.29) is 0 Å². The Labute approximate surface area is 130 Å². The van der Waals surface area contributed by atoms with Crippen LogP contribution in [0.25, 0.3) is 16.9 Å². The highest BCUT2D eigenvalue weighted by Crippen LogP contribution is 2.27. The van der Waals surface area contributed by atoms with Gasteiger partial charge in [-0.05, 0) is 52.7 Å². The monoisotopic (exact) mass is 349 g/mol. The Morgan fingerprint density at radius 2 is 2.15 bits per heavy atom. The zero-order valence-corrected chi connectivity index (χ0v) is 13.3. The average Bonchev–Trinajstić information content (AvgIpc) is 2.78. The van der Waals surface area contributed by atoms with Crippen molar-refractivity contribution in [2.45, 2.75) is 13.3 Å². The number of benzene rings is 1. The number of aromatic nitrogens is 3. The van der Waals surface area contributed by atoms with Crippen LogP contribution in [0.15, 0.2) is 41.0 Å². The molecule has 0 radical (unpaired) electrons. The predicted molar refractivity (Wildman–Crippen MR) is 85.7 cm³/mol. The number of alkyl halides is 1. The highest BCUT2D eigenvalue weighted by molar-refractivity contribution is 9.10. The molecule has 2 heterocycles.